The van der Waals surface area contributed by atoms with Crippen molar-refractivity contribution in [3.8, 4) is 0 Å². The Balaban J connectivity index is 2.19. The molecule has 2 aromatic heterocycles. The van der Waals surface area contributed by atoms with Crippen LogP contribution in [0.1, 0.15) is 40.3 Å². The molecule has 106 valence electrons. The SMILES string of the molecule is Cc1ccc(C(=O)NC(C)c2cnn(C)c2C)c(=O)[nH]1. The number of nitrogens with zero attached hydrogens (tertiary/aromatic N) is 2. The molecule has 0 aromatic carbocycles. The van der Waals surface area contributed by atoms with Crippen LogP contribution in [-0.4, -0.2) is 20.7 Å². The molecule has 1 unspecified atom stereocenters. The van der Waals surface area contributed by atoms with Crippen LogP contribution in [0.4, 0.5) is 0 Å². The van der Waals surface area contributed by atoms with E-state index in [1.54, 1.807) is 23.9 Å². The fraction of sp³-hybridized carbons (Fsp3) is 0.357. The van der Waals surface area contributed by atoms with Gasteiger partial charge >= 0.3 is 0 Å². The third-order valence-corrected chi connectivity index (χ3v) is 3.39. The summed E-state index contributed by atoms with van der Waals surface area (Å²) in [5, 5.41) is 6.96. The van der Waals surface area contributed by atoms with Gasteiger partial charge in [-0.15, -0.1) is 0 Å². The quantitative estimate of drug-likeness (QED) is 0.883. The Kier molecular flexibility index (Phi) is 3.74. The molecular weight excluding hydrogens is 256 g/mol. The maximum atomic E-state index is 12.1. The van der Waals surface area contributed by atoms with Crippen molar-refractivity contribution in [2.75, 3.05) is 0 Å². The lowest BCUT2D eigenvalue weighted by Gasteiger charge is -2.13. The summed E-state index contributed by atoms with van der Waals surface area (Å²) in [6.07, 6.45) is 1.72. The van der Waals surface area contributed by atoms with Crippen molar-refractivity contribution in [2.24, 2.45) is 7.05 Å². The van der Waals surface area contributed by atoms with Gasteiger partial charge in [-0.2, -0.15) is 5.10 Å². The number of aryl methyl sites for hydroxylation is 2. The van der Waals surface area contributed by atoms with Crippen molar-refractivity contribution in [2.45, 2.75) is 26.8 Å². The van der Waals surface area contributed by atoms with Gasteiger partial charge in [-0.25, -0.2) is 0 Å². The van der Waals surface area contributed by atoms with E-state index in [4.69, 9.17) is 0 Å². The zero-order valence-electron chi connectivity index (χ0n) is 12.0. The molecule has 0 saturated heterocycles. The van der Waals surface area contributed by atoms with Crippen LogP contribution >= 0.6 is 0 Å². The van der Waals surface area contributed by atoms with Crippen molar-refractivity contribution in [1.29, 1.82) is 0 Å². The number of pyridine rings is 1. The molecule has 6 nitrogen and oxygen atoms in total. The molecule has 0 radical (unpaired) electrons. The zero-order chi connectivity index (χ0) is 14.9. The molecule has 2 aromatic rings. The number of nitrogens with one attached hydrogen (secondary N) is 2. The molecule has 6 heteroatoms. The van der Waals surface area contributed by atoms with Crippen LogP contribution in [0.3, 0.4) is 0 Å². The topological polar surface area (TPSA) is 79.8 Å². The van der Waals surface area contributed by atoms with E-state index >= 15 is 0 Å². The number of carbonyl (C=O) groups excluding carboxylic acids is 1. The van der Waals surface area contributed by atoms with Crippen molar-refractivity contribution < 1.29 is 4.79 Å². The molecule has 2 rings (SSSR count). The first-order valence-electron chi connectivity index (χ1n) is 6.39. The Hall–Kier alpha value is -2.37. The van der Waals surface area contributed by atoms with Gasteiger partial charge < -0.3 is 10.3 Å². The van der Waals surface area contributed by atoms with E-state index in [0.29, 0.717) is 0 Å². The van der Waals surface area contributed by atoms with Crippen molar-refractivity contribution in [1.82, 2.24) is 20.1 Å². The second-order valence-corrected chi connectivity index (χ2v) is 4.89. The second kappa shape index (κ2) is 5.32. The summed E-state index contributed by atoms with van der Waals surface area (Å²) in [6, 6.07) is 3.03. The molecule has 0 aliphatic heterocycles. The normalized spacial score (nSPS) is 12.2. The van der Waals surface area contributed by atoms with Crippen LogP contribution in [0.5, 0.6) is 0 Å². The maximum absolute atomic E-state index is 12.1. The van der Waals surface area contributed by atoms with E-state index in [-0.39, 0.29) is 23.1 Å². The van der Waals surface area contributed by atoms with Gasteiger partial charge in [-0.3, -0.25) is 14.3 Å². The maximum Gasteiger partial charge on any atom is 0.260 e. The van der Waals surface area contributed by atoms with Crippen LogP contribution in [0, 0.1) is 13.8 Å². The predicted octanol–water partition coefficient (Wildman–Crippen LogP) is 1.22. The smallest absolute Gasteiger partial charge is 0.260 e. The summed E-state index contributed by atoms with van der Waals surface area (Å²) in [5.74, 6) is -0.387. The number of hydrogen-bond acceptors (Lipinski definition) is 3. The van der Waals surface area contributed by atoms with Gasteiger partial charge in [0.05, 0.1) is 12.2 Å². The van der Waals surface area contributed by atoms with Crippen molar-refractivity contribution >= 4 is 5.91 Å². The monoisotopic (exact) mass is 274 g/mol. The minimum atomic E-state index is -0.387. The van der Waals surface area contributed by atoms with Crippen LogP contribution in [0.15, 0.2) is 23.1 Å². The number of H-pyrrole nitrogens is 1. The molecule has 0 bridgehead atoms. The standard InChI is InChI=1S/C14H18N4O2/c1-8-5-6-11(13(19)16-8)14(20)17-9(2)12-7-15-18(4)10(12)3/h5-7,9H,1-4H3,(H,16,19)(H,17,20). The molecular formula is C14H18N4O2. The Bertz CT molecular complexity index is 699. The van der Waals surface area contributed by atoms with E-state index in [2.05, 4.69) is 15.4 Å². The van der Waals surface area contributed by atoms with E-state index in [0.717, 1.165) is 17.0 Å². The third kappa shape index (κ3) is 2.64. The van der Waals surface area contributed by atoms with Crippen molar-refractivity contribution in [3.05, 3.63) is 51.2 Å². The first-order chi connectivity index (χ1) is 9.40. The van der Waals surface area contributed by atoms with Gasteiger partial charge in [0.2, 0.25) is 0 Å². The highest BCUT2D eigenvalue weighted by molar-refractivity contribution is 5.94. The van der Waals surface area contributed by atoms with E-state index in [1.807, 2.05) is 20.9 Å². The number of hydrogen-bond donors (Lipinski definition) is 2. The van der Waals surface area contributed by atoms with E-state index < -0.39 is 0 Å². The van der Waals surface area contributed by atoms with Gasteiger partial charge in [-0.05, 0) is 32.9 Å². The summed E-state index contributed by atoms with van der Waals surface area (Å²) in [6.45, 7) is 5.57. The van der Waals surface area contributed by atoms with Crippen LogP contribution in [-0.2, 0) is 7.05 Å². The van der Waals surface area contributed by atoms with Crippen molar-refractivity contribution in [3.63, 3.8) is 0 Å². The van der Waals surface area contributed by atoms with Crippen LogP contribution < -0.4 is 10.9 Å². The largest absolute Gasteiger partial charge is 0.345 e. The third-order valence-electron chi connectivity index (χ3n) is 3.39. The van der Waals surface area contributed by atoms with E-state index in [1.165, 1.54) is 6.07 Å². The Morgan fingerprint density at radius 1 is 1.40 bits per heavy atom. The minimum Gasteiger partial charge on any atom is -0.345 e. The molecule has 1 amide bonds. The fourth-order valence-electron chi connectivity index (χ4n) is 2.04. The zero-order valence-corrected chi connectivity index (χ0v) is 12.0. The predicted molar refractivity (Wildman–Crippen MR) is 75.6 cm³/mol. The molecule has 0 spiro atoms. The number of rotatable bonds is 3. The van der Waals surface area contributed by atoms with Gasteiger partial charge in [0.25, 0.3) is 11.5 Å². The van der Waals surface area contributed by atoms with Gasteiger partial charge in [-0.1, -0.05) is 0 Å². The molecule has 2 N–H and O–H groups in total. The average molecular weight is 274 g/mol. The van der Waals surface area contributed by atoms with Crippen LogP contribution in [0.25, 0.3) is 0 Å². The number of carbonyl (C=O) groups is 1. The highest BCUT2D eigenvalue weighted by Crippen LogP contribution is 2.16. The van der Waals surface area contributed by atoms with Gasteiger partial charge in [0, 0.05) is 24.0 Å². The fourth-order valence-corrected chi connectivity index (χ4v) is 2.04. The molecule has 2 heterocycles. The lowest BCUT2D eigenvalue weighted by atomic mass is 10.1. The first kappa shape index (κ1) is 14.0. The lowest BCUT2D eigenvalue weighted by Crippen LogP contribution is -2.31. The molecule has 0 fully saturated rings. The summed E-state index contributed by atoms with van der Waals surface area (Å²) < 4.78 is 1.75. The Morgan fingerprint density at radius 2 is 2.10 bits per heavy atom. The highest BCUT2D eigenvalue weighted by Gasteiger charge is 2.17. The average Bonchev–Trinajstić information content (AvgIpc) is 2.69. The molecule has 0 aliphatic rings. The molecule has 20 heavy (non-hydrogen) atoms. The molecule has 0 aliphatic carbocycles. The second-order valence-electron chi connectivity index (χ2n) is 4.89. The van der Waals surface area contributed by atoms with E-state index in [9.17, 15) is 9.59 Å². The minimum absolute atomic E-state index is 0.115. The molecule has 1 atom stereocenters. The summed E-state index contributed by atoms with van der Waals surface area (Å²) >= 11 is 0. The molecule has 0 saturated carbocycles. The van der Waals surface area contributed by atoms with Crippen LogP contribution in [0.2, 0.25) is 0 Å². The van der Waals surface area contributed by atoms with Gasteiger partial charge in [0.15, 0.2) is 0 Å². The first-order valence-corrected chi connectivity index (χ1v) is 6.39. The Morgan fingerprint density at radius 3 is 2.65 bits per heavy atom. The number of amides is 1. The highest BCUT2D eigenvalue weighted by atomic mass is 16.2. The summed E-state index contributed by atoms with van der Waals surface area (Å²) in [7, 11) is 1.85. The Labute approximate surface area is 116 Å². The number of aromatic nitrogens is 3. The van der Waals surface area contributed by atoms with Gasteiger partial charge in [0.1, 0.15) is 5.56 Å². The summed E-state index contributed by atoms with van der Waals surface area (Å²) in [5.41, 5.74) is 2.38. The number of aromatic amines is 1. The summed E-state index contributed by atoms with van der Waals surface area (Å²) in [4.78, 5) is 26.5. The lowest BCUT2D eigenvalue weighted by molar-refractivity contribution is 0.0938.